The minimum absolute atomic E-state index is 0.573. The number of rotatable bonds is 6. The molecular weight excluding hydrogens is 304 g/mol. The van der Waals surface area contributed by atoms with E-state index in [-0.39, 0.29) is 0 Å². The second-order valence-electron chi connectivity index (χ2n) is 7.08. The second kappa shape index (κ2) is 6.21. The van der Waals surface area contributed by atoms with E-state index in [0.29, 0.717) is 6.61 Å². The molecule has 3 rings (SSSR count). The van der Waals surface area contributed by atoms with Crippen LogP contribution >= 0.6 is 0 Å². The van der Waals surface area contributed by atoms with Gasteiger partial charge < -0.3 is 15.0 Å². The van der Waals surface area contributed by atoms with Crippen LogP contribution in [0.2, 0.25) is 25.7 Å². The summed E-state index contributed by atoms with van der Waals surface area (Å²) in [5.74, 6) is 0. The van der Waals surface area contributed by atoms with Gasteiger partial charge in [0.15, 0.2) is 0 Å². The van der Waals surface area contributed by atoms with E-state index < -0.39 is 8.07 Å². The van der Waals surface area contributed by atoms with Gasteiger partial charge in [-0.1, -0.05) is 31.8 Å². The first kappa shape index (κ1) is 15.8. The van der Waals surface area contributed by atoms with Crippen molar-refractivity contribution >= 4 is 24.7 Å². The van der Waals surface area contributed by atoms with Crippen LogP contribution in [0.15, 0.2) is 36.7 Å². The van der Waals surface area contributed by atoms with Gasteiger partial charge in [0.25, 0.3) is 0 Å². The highest BCUT2D eigenvalue weighted by Gasteiger charge is 2.15. The standard InChI is InChI=1S/C17H24N4OSi/c1-23(2,3)8-7-22-12-14-9-13-5-4-6-16(18)17(13)21(14)15-10-19-20-11-15/h4-6,9-11H,7-8,12,18H2,1-3H3,(H,19,20). The smallest absolute Gasteiger partial charge is 0.0871 e. The lowest BCUT2D eigenvalue weighted by atomic mass is 10.2. The predicted octanol–water partition coefficient (Wildman–Crippen LogP) is 3.79. The summed E-state index contributed by atoms with van der Waals surface area (Å²) in [4.78, 5) is 0. The number of hydrogen-bond acceptors (Lipinski definition) is 3. The highest BCUT2D eigenvalue weighted by molar-refractivity contribution is 6.76. The van der Waals surface area contributed by atoms with E-state index in [4.69, 9.17) is 10.5 Å². The van der Waals surface area contributed by atoms with Crippen LogP contribution in [0.5, 0.6) is 0 Å². The van der Waals surface area contributed by atoms with Crippen molar-refractivity contribution in [2.24, 2.45) is 0 Å². The summed E-state index contributed by atoms with van der Waals surface area (Å²) in [5, 5.41) is 8.05. The van der Waals surface area contributed by atoms with Crippen LogP contribution in [-0.4, -0.2) is 29.4 Å². The third-order valence-electron chi connectivity index (χ3n) is 3.92. The number of para-hydroxylation sites is 1. The van der Waals surface area contributed by atoms with Gasteiger partial charge in [0, 0.05) is 32.0 Å². The maximum atomic E-state index is 6.20. The Hall–Kier alpha value is -2.05. The van der Waals surface area contributed by atoms with Crippen molar-refractivity contribution in [1.29, 1.82) is 0 Å². The Morgan fingerprint density at radius 1 is 1.30 bits per heavy atom. The van der Waals surface area contributed by atoms with Gasteiger partial charge >= 0.3 is 0 Å². The molecule has 0 saturated heterocycles. The summed E-state index contributed by atoms with van der Waals surface area (Å²) in [5.41, 5.74) is 10.0. The molecule has 122 valence electrons. The normalized spacial score (nSPS) is 12.1. The summed E-state index contributed by atoms with van der Waals surface area (Å²) in [6.07, 6.45) is 3.68. The average molecular weight is 328 g/mol. The Kier molecular flexibility index (Phi) is 4.28. The van der Waals surface area contributed by atoms with Gasteiger partial charge in [-0.15, -0.1) is 0 Å². The molecule has 0 fully saturated rings. The van der Waals surface area contributed by atoms with E-state index in [1.807, 2.05) is 18.3 Å². The molecule has 0 saturated carbocycles. The van der Waals surface area contributed by atoms with Crippen LogP contribution < -0.4 is 5.73 Å². The Morgan fingerprint density at radius 3 is 2.83 bits per heavy atom. The van der Waals surface area contributed by atoms with E-state index in [1.165, 1.54) is 6.04 Å². The summed E-state index contributed by atoms with van der Waals surface area (Å²) in [6.45, 7) is 8.46. The maximum Gasteiger partial charge on any atom is 0.0871 e. The predicted molar refractivity (Wildman–Crippen MR) is 97.6 cm³/mol. The number of H-pyrrole nitrogens is 1. The van der Waals surface area contributed by atoms with E-state index in [9.17, 15) is 0 Å². The highest BCUT2D eigenvalue weighted by Crippen LogP contribution is 2.29. The number of anilines is 1. The monoisotopic (exact) mass is 328 g/mol. The third kappa shape index (κ3) is 3.48. The number of hydrogen-bond donors (Lipinski definition) is 2. The molecule has 0 atom stereocenters. The summed E-state index contributed by atoms with van der Waals surface area (Å²) in [7, 11) is -1.07. The van der Waals surface area contributed by atoms with E-state index in [1.54, 1.807) is 6.20 Å². The number of nitrogens with zero attached hydrogens (tertiary/aromatic N) is 2. The second-order valence-corrected chi connectivity index (χ2v) is 12.7. The van der Waals surface area contributed by atoms with Crippen molar-refractivity contribution in [2.45, 2.75) is 32.3 Å². The molecule has 0 bridgehead atoms. The van der Waals surface area contributed by atoms with Gasteiger partial charge in [0.1, 0.15) is 0 Å². The number of nitrogens with one attached hydrogen (secondary N) is 1. The van der Waals surface area contributed by atoms with Crippen LogP contribution in [0.4, 0.5) is 5.69 Å². The number of ether oxygens (including phenoxy) is 1. The van der Waals surface area contributed by atoms with Crippen LogP contribution in [0.1, 0.15) is 5.69 Å². The number of aromatic nitrogens is 3. The summed E-state index contributed by atoms with van der Waals surface area (Å²) >= 11 is 0. The molecule has 0 unspecified atom stereocenters. The minimum atomic E-state index is -1.07. The molecule has 0 aliphatic rings. The lowest BCUT2D eigenvalue weighted by Gasteiger charge is -2.16. The maximum absolute atomic E-state index is 6.20. The molecule has 0 aliphatic heterocycles. The van der Waals surface area contributed by atoms with Gasteiger partial charge in [-0.3, -0.25) is 5.10 Å². The Balaban J connectivity index is 1.91. The molecule has 3 aromatic rings. The van der Waals surface area contributed by atoms with Crippen LogP contribution in [0.3, 0.4) is 0 Å². The van der Waals surface area contributed by atoms with E-state index in [2.05, 4.69) is 46.5 Å². The number of aromatic amines is 1. The van der Waals surface area contributed by atoms with Gasteiger partial charge in [-0.05, 0) is 18.2 Å². The highest BCUT2D eigenvalue weighted by atomic mass is 28.3. The fourth-order valence-electron chi connectivity index (χ4n) is 2.66. The Morgan fingerprint density at radius 2 is 2.13 bits per heavy atom. The quantitative estimate of drug-likeness (QED) is 0.411. The fourth-order valence-corrected chi connectivity index (χ4v) is 3.42. The molecule has 2 heterocycles. The molecule has 3 N–H and O–H groups in total. The van der Waals surface area contributed by atoms with Crippen molar-refractivity contribution in [1.82, 2.24) is 14.8 Å². The molecule has 0 aliphatic carbocycles. The molecule has 0 spiro atoms. The SMILES string of the molecule is C[Si](C)(C)CCOCc1cc2cccc(N)c2n1-c1cn[nH]c1. The van der Waals surface area contributed by atoms with Crippen molar-refractivity contribution < 1.29 is 4.74 Å². The number of nitrogen functional groups attached to an aromatic ring is 1. The zero-order valence-electron chi connectivity index (χ0n) is 14.0. The molecular formula is C17H24N4OSi. The topological polar surface area (TPSA) is 68.9 Å². The minimum Gasteiger partial charge on any atom is -0.397 e. The molecule has 6 heteroatoms. The first-order valence-corrected chi connectivity index (χ1v) is 11.6. The van der Waals surface area contributed by atoms with Gasteiger partial charge in [-0.2, -0.15) is 5.10 Å². The summed E-state index contributed by atoms with van der Waals surface area (Å²) < 4.78 is 8.07. The van der Waals surface area contributed by atoms with Crippen molar-refractivity contribution in [3.05, 3.63) is 42.4 Å². The van der Waals surface area contributed by atoms with Gasteiger partial charge in [0.2, 0.25) is 0 Å². The van der Waals surface area contributed by atoms with Gasteiger partial charge in [0.05, 0.1) is 29.7 Å². The molecule has 2 aromatic heterocycles. The lowest BCUT2D eigenvalue weighted by molar-refractivity contribution is 0.129. The zero-order chi connectivity index (χ0) is 16.4. The first-order valence-electron chi connectivity index (χ1n) is 7.91. The van der Waals surface area contributed by atoms with Crippen molar-refractivity contribution in [3.8, 4) is 5.69 Å². The number of benzene rings is 1. The van der Waals surface area contributed by atoms with E-state index in [0.717, 1.165) is 34.6 Å². The fraction of sp³-hybridized carbons (Fsp3) is 0.353. The largest absolute Gasteiger partial charge is 0.397 e. The lowest BCUT2D eigenvalue weighted by Crippen LogP contribution is -2.21. The average Bonchev–Trinajstić information content (AvgIpc) is 3.09. The molecule has 5 nitrogen and oxygen atoms in total. The third-order valence-corrected chi connectivity index (χ3v) is 5.62. The van der Waals surface area contributed by atoms with Crippen LogP contribution in [-0.2, 0) is 11.3 Å². The van der Waals surface area contributed by atoms with Crippen molar-refractivity contribution in [2.75, 3.05) is 12.3 Å². The zero-order valence-corrected chi connectivity index (χ0v) is 15.0. The number of fused-ring (bicyclic) bond motifs is 1. The Bertz CT molecular complexity index is 787. The molecule has 0 radical (unpaired) electrons. The van der Waals surface area contributed by atoms with Gasteiger partial charge in [-0.25, -0.2) is 0 Å². The molecule has 0 amide bonds. The van der Waals surface area contributed by atoms with Crippen LogP contribution in [0.25, 0.3) is 16.6 Å². The molecule has 1 aromatic carbocycles. The summed E-state index contributed by atoms with van der Waals surface area (Å²) in [6, 6.07) is 9.30. The molecule has 23 heavy (non-hydrogen) atoms. The van der Waals surface area contributed by atoms with Crippen molar-refractivity contribution in [3.63, 3.8) is 0 Å². The Labute approximate surface area is 137 Å². The van der Waals surface area contributed by atoms with E-state index >= 15 is 0 Å². The first-order chi connectivity index (χ1) is 11.0. The van der Waals surface area contributed by atoms with Crippen LogP contribution in [0, 0.1) is 0 Å². The number of nitrogens with two attached hydrogens (primary N) is 1.